The maximum absolute atomic E-state index is 11.7. The molecule has 0 saturated heterocycles. The van der Waals surface area contributed by atoms with Gasteiger partial charge in [0.2, 0.25) is 0 Å². The van der Waals surface area contributed by atoms with Crippen molar-refractivity contribution in [1.82, 2.24) is 0 Å². The minimum atomic E-state index is -0.234. The van der Waals surface area contributed by atoms with Crippen molar-refractivity contribution in [2.75, 3.05) is 6.26 Å². The first-order chi connectivity index (χ1) is 5.29. The Morgan fingerprint density at radius 3 is 1.75 bits per heavy atom. The SMILES string of the molecule is CCC(=O)C(C)(SC)C(C)(C)C. The highest BCUT2D eigenvalue weighted by atomic mass is 32.2. The summed E-state index contributed by atoms with van der Waals surface area (Å²) in [4.78, 5) is 11.7. The number of thioether (sulfide) groups is 1. The number of hydrogen-bond acceptors (Lipinski definition) is 2. The Kier molecular flexibility index (Phi) is 3.83. The number of ketones is 1. The lowest BCUT2D eigenvalue weighted by molar-refractivity contribution is -0.123. The van der Waals surface area contributed by atoms with Gasteiger partial charge >= 0.3 is 0 Å². The standard InChI is InChI=1S/C10H20OS/c1-7-8(11)10(5,12-6)9(2,3)4/h7H2,1-6H3. The van der Waals surface area contributed by atoms with Crippen LogP contribution in [-0.2, 0) is 4.79 Å². The fraction of sp³-hybridized carbons (Fsp3) is 0.900. The zero-order valence-electron chi connectivity index (χ0n) is 9.02. The maximum atomic E-state index is 11.7. The third-order valence-corrected chi connectivity index (χ3v) is 4.35. The summed E-state index contributed by atoms with van der Waals surface area (Å²) >= 11 is 1.66. The van der Waals surface area contributed by atoms with Crippen LogP contribution in [0.2, 0.25) is 0 Å². The van der Waals surface area contributed by atoms with Crippen LogP contribution in [0, 0.1) is 5.41 Å². The minimum absolute atomic E-state index is 0.0412. The molecule has 0 radical (unpaired) electrons. The molecule has 0 aromatic heterocycles. The summed E-state index contributed by atoms with van der Waals surface area (Å²) in [5.74, 6) is 0.350. The van der Waals surface area contributed by atoms with Gasteiger partial charge in [0.25, 0.3) is 0 Å². The van der Waals surface area contributed by atoms with Gasteiger partial charge in [-0.1, -0.05) is 27.7 Å². The quantitative estimate of drug-likeness (QED) is 0.677. The zero-order chi connectivity index (χ0) is 9.99. The Morgan fingerprint density at radius 1 is 1.25 bits per heavy atom. The molecule has 0 aromatic carbocycles. The summed E-state index contributed by atoms with van der Waals surface area (Å²) in [6.45, 7) is 10.3. The van der Waals surface area contributed by atoms with Crippen LogP contribution in [0.15, 0.2) is 0 Å². The van der Waals surface area contributed by atoms with E-state index in [-0.39, 0.29) is 10.2 Å². The molecule has 0 spiro atoms. The van der Waals surface area contributed by atoms with Crippen LogP contribution < -0.4 is 0 Å². The molecule has 2 heteroatoms. The summed E-state index contributed by atoms with van der Waals surface area (Å²) in [6, 6.07) is 0. The second kappa shape index (κ2) is 3.82. The fourth-order valence-electron chi connectivity index (χ4n) is 1.18. The average Bonchev–Trinajstić information content (AvgIpc) is 1.99. The second-order valence-corrected chi connectivity index (χ2v) is 5.49. The largest absolute Gasteiger partial charge is 0.298 e. The van der Waals surface area contributed by atoms with Crippen molar-refractivity contribution in [3.05, 3.63) is 0 Å². The second-order valence-electron chi connectivity index (χ2n) is 4.26. The number of carbonyl (C=O) groups excluding carboxylic acids is 1. The Labute approximate surface area is 80.3 Å². The van der Waals surface area contributed by atoms with Crippen LogP contribution in [0.5, 0.6) is 0 Å². The first-order valence-corrected chi connectivity index (χ1v) is 5.60. The third kappa shape index (κ3) is 2.03. The molecule has 0 fully saturated rings. The van der Waals surface area contributed by atoms with E-state index in [0.717, 1.165) is 0 Å². The molecule has 0 amide bonds. The van der Waals surface area contributed by atoms with E-state index < -0.39 is 0 Å². The summed E-state index contributed by atoms with van der Waals surface area (Å²) in [5.41, 5.74) is 0.0412. The molecule has 0 aliphatic rings. The van der Waals surface area contributed by atoms with Crippen LogP contribution in [0.25, 0.3) is 0 Å². The highest BCUT2D eigenvalue weighted by Gasteiger charge is 2.42. The van der Waals surface area contributed by atoms with Crippen LogP contribution in [0.4, 0.5) is 0 Å². The summed E-state index contributed by atoms with van der Waals surface area (Å²) < 4.78 is -0.234. The van der Waals surface area contributed by atoms with Gasteiger partial charge in [-0.2, -0.15) is 11.8 Å². The number of Topliss-reactive ketones (excluding diaryl/α,β-unsaturated/α-hetero) is 1. The number of hydrogen-bond donors (Lipinski definition) is 0. The molecular weight excluding hydrogens is 168 g/mol. The predicted molar refractivity (Wildman–Crippen MR) is 56.7 cm³/mol. The molecule has 12 heavy (non-hydrogen) atoms. The number of rotatable bonds is 3. The van der Waals surface area contributed by atoms with Crippen molar-refractivity contribution in [1.29, 1.82) is 0 Å². The summed E-state index contributed by atoms with van der Waals surface area (Å²) in [5, 5.41) is 0. The van der Waals surface area contributed by atoms with Gasteiger partial charge in [-0.15, -0.1) is 0 Å². The lowest BCUT2D eigenvalue weighted by Crippen LogP contribution is -2.43. The van der Waals surface area contributed by atoms with Crippen molar-refractivity contribution in [3.8, 4) is 0 Å². The van der Waals surface area contributed by atoms with E-state index in [2.05, 4.69) is 20.8 Å². The molecule has 0 aliphatic heterocycles. The van der Waals surface area contributed by atoms with Crippen molar-refractivity contribution in [2.24, 2.45) is 5.41 Å². The molecule has 0 saturated carbocycles. The van der Waals surface area contributed by atoms with Crippen molar-refractivity contribution in [3.63, 3.8) is 0 Å². The number of carbonyl (C=O) groups is 1. The predicted octanol–water partition coefficient (Wildman–Crippen LogP) is 3.13. The highest BCUT2D eigenvalue weighted by molar-refractivity contribution is 8.00. The fourth-order valence-corrected chi connectivity index (χ4v) is 2.16. The van der Waals surface area contributed by atoms with Gasteiger partial charge in [-0.3, -0.25) is 4.79 Å². The molecule has 72 valence electrons. The molecule has 1 atom stereocenters. The van der Waals surface area contributed by atoms with Crippen LogP contribution in [0.3, 0.4) is 0 Å². The third-order valence-electron chi connectivity index (χ3n) is 2.69. The van der Waals surface area contributed by atoms with E-state index in [9.17, 15) is 4.79 Å². The van der Waals surface area contributed by atoms with Gasteiger partial charge in [-0.05, 0) is 18.6 Å². The molecule has 1 unspecified atom stereocenters. The smallest absolute Gasteiger partial charge is 0.148 e. The molecule has 0 aliphatic carbocycles. The van der Waals surface area contributed by atoms with Crippen LogP contribution in [0.1, 0.15) is 41.0 Å². The van der Waals surface area contributed by atoms with Gasteiger partial charge in [0.1, 0.15) is 5.78 Å². The van der Waals surface area contributed by atoms with Gasteiger partial charge in [0, 0.05) is 6.42 Å². The molecule has 0 rings (SSSR count). The minimum Gasteiger partial charge on any atom is -0.298 e. The van der Waals surface area contributed by atoms with E-state index in [0.29, 0.717) is 12.2 Å². The molecular formula is C10H20OS. The van der Waals surface area contributed by atoms with E-state index in [1.165, 1.54) is 0 Å². The molecule has 0 N–H and O–H groups in total. The van der Waals surface area contributed by atoms with Gasteiger partial charge in [0.05, 0.1) is 4.75 Å². The van der Waals surface area contributed by atoms with Gasteiger partial charge in [0.15, 0.2) is 0 Å². The maximum Gasteiger partial charge on any atom is 0.148 e. The summed E-state index contributed by atoms with van der Waals surface area (Å²) in [6.07, 6.45) is 2.65. The van der Waals surface area contributed by atoms with Gasteiger partial charge in [-0.25, -0.2) is 0 Å². The van der Waals surface area contributed by atoms with E-state index in [1.54, 1.807) is 11.8 Å². The van der Waals surface area contributed by atoms with E-state index >= 15 is 0 Å². The zero-order valence-corrected chi connectivity index (χ0v) is 9.84. The van der Waals surface area contributed by atoms with Crippen molar-refractivity contribution < 1.29 is 4.79 Å². The first kappa shape index (κ1) is 12.0. The van der Waals surface area contributed by atoms with E-state index in [1.807, 2.05) is 20.1 Å². The molecule has 0 bridgehead atoms. The normalized spacial score (nSPS) is 17.2. The van der Waals surface area contributed by atoms with Crippen molar-refractivity contribution in [2.45, 2.75) is 45.8 Å². The topological polar surface area (TPSA) is 17.1 Å². The van der Waals surface area contributed by atoms with Crippen molar-refractivity contribution >= 4 is 17.5 Å². The molecule has 0 heterocycles. The highest BCUT2D eigenvalue weighted by Crippen LogP contribution is 2.41. The van der Waals surface area contributed by atoms with E-state index in [4.69, 9.17) is 0 Å². The Balaban J connectivity index is 4.80. The average molecular weight is 188 g/mol. The lowest BCUT2D eigenvalue weighted by atomic mass is 9.78. The van der Waals surface area contributed by atoms with Gasteiger partial charge < -0.3 is 0 Å². The monoisotopic (exact) mass is 188 g/mol. The first-order valence-electron chi connectivity index (χ1n) is 4.38. The molecule has 0 aromatic rings. The Hall–Kier alpha value is 0.0200. The lowest BCUT2D eigenvalue weighted by Gasteiger charge is -2.39. The summed E-state index contributed by atoms with van der Waals surface area (Å²) in [7, 11) is 0. The Bertz CT molecular complexity index is 169. The van der Waals surface area contributed by atoms with Crippen LogP contribution >= 0.6 is 11.8 Å². The molecule has 1 nitrogen and oxygen atoms in total. The van der Waals surface area contributed by atoms with Crippen LogP contribution in [-0.4, -0.2) is 16.8 Å². The Morgan fingerprint density at radius 2 is 1.67 bits per heavy atom.